The number of rotatable bonds is 7. The van der Waals surface area contributed by atoms with E-state index in [0.29, 0.717) is 23.3 Å². The Kier molecular flexibility index (Phi) is 9.09. The second-order valence-electron chi connectivity index (χ2n) is 18.3. The smallest absolute Gasteiger partial charge is 0.166 e. The average molecular weight is 934 g/mol. The summed E-state index contributed by atoms with van der Waals surface area (Å²) in [5.74, 6) is 2.22. The molecule has 0 aliphatic heterocycles. The quantitative estimate of drug-likeness (QED) is 0.158. The molecule has 5 heterocycles. The normalized spacial score (nSPS) is 11.8. The van der Waals surface area contributed by atoms with Gasteiger partial charge in [-0.25, -0.2) is 24.9 Å². The van der Waals surface area contributed by atoms with E-state index in [9.17, 15) is 0 Å². The van der Waals surface area contributed by atoms with Crippen molar-refractivity contribution in [3.05, 3.63) is 237 Å². The summed E-state index contributed by atoms with van der Waals surface area (Å²) in [5.41, 5.74) is 13.8. The first-order valence-electron chi connectivity index (χ1n) is 24.4. The van der Waals surface area contributed by atoms with Crippen LogP contribution in [0.15, 0.2) is 241 Å². The Bertz CT molecular complexity index is 4600. The Morgan fingerprint density at radius 2 is 0.822 bits per heavy atom. The molecule has 0 aliphatic carbocycles. The molecule has 73 heavy (non-hydrogen) atoms. The summed E-state index contributed by atoms with van der Waals surface area (Å²) < 4.78 is 12.0. The van der Waals surface area contributed by atoms with E-state index in [1.807, 2.05) is 97.1 Å². The minimum Gasteiger partial charge on any atom is -0.455 e. The largest absolute Gasteiger partial charge is 0.455 e. The summed E-state index contributed by atoms with van der Waals surface area (Å²) in [4.78, 5) is 26.6. The minimum atomic E-state index is 0.507. The van der Waals surface area contributed by atoms with Crippen molar-refractivity contribution >= 4 is 76.5 Å². The van der Waals surface area contributed by atoms with Crippen LogP contribution in [0.4, 0.5) is 0 Å². The highest BCUT2D eigenvalue weighted by atomic mass is 16.3. The lowest BCUT2D eigenvalue weighted by atomic mass is 10.0. The van der Waals surface area contributed by atoms with Gasteiger partial charge in [0.2, 0.25) is 0 Å². The molecule has 0 saturated heterocycles. The Labute approximate surface area is 417 Å². The number of furan rings is 1. The second-order valence-corrected chi connectivity index (χ2v) is 18.3. The first kappa shape index (κ1) is 40.8. The predicted molar refractivity (Wildman–Crippen MR) is 296 cm³/mol. The molecular weight excluding hydrogens is 895 g/mol. The van der Waals surface area contributed by atoms with E-state index in [2.05, 4.69) is 149 Å². The summed E-state index contributed by atoms with van der Waals surface area (Å²) in [7, 11) is 0. The van der Waals surface area contributed by atoms with Crippen LogP contribution in [0.2, 0.25) is 0 Å². The van der Waals surface area contributed by atoms with Crippen molar-refractivity contribution in [2.45, 2.75) is 0 Å². The zero-order valence-corrected chi connectivity index (χ0v) is 39.1. The minimum absolute atomic E-state index is 0.507. The average Bonchev–Trinajstić information content (AvgIpc) is 4.21. The maximum Gasteiger partial charge on any atom is 0.166 e. The molecule has 5 aromatic heterocycles. The molecule has 0 spiro atoms. The third-order valence-electron chi connectivity index (χ3n) is 14.1. The van der Waals surface area contributed by atoms with Crippen LogP contribution in [-0.4, -0.2) is 34.1 Å². The van der Waals surface area contributed by atoms with Gasteiger partial charge >= 0.3 is 0 Å². The van der Waals surface area contributed by atoms with Crippen LogP contribution in [0, 0.1) is 0 Å². The monoisotopic (exact) mass is 933 g/mol. The number of aromatic nitrogens is 7. The van der Waals surface area contributed by atoms with Crippen molar-refractivity contribution in [3.63, 3.8) is 0 Å². The topological polar surface area (TPSA) is 87.5 Å². The number of hydrogen-bond acceptors (Lipinski definition) is 6. The number of para-hydroxylation sites is 5. The van der Waals surface area contributed by atoms with Gasteiger partial charge in [-0.3, -0.25) is 0 Å². The van der Waals surface area contributed by atoms with Crippen LogP contribution in [0.3, 0.4) is 0 Å². The van der Waals surface area contributed by atoms with Gasteiger partial charge in [0.1, 0.15) is 11.2 Å². The van der Waals surface area contributed by atoms with Gasteiger partial charge in [0.05, 0.1) is 49.7 Å². The van der Waals surface area contributed by atoms with Crippen molar-refractivity contribution in [3.8, 4) is 68.2 Å². The zero-order chi connectivity index (χ0) is 48.0. The fourth-order valence-electron chi connectivity index (χ4n) is 11.0. The Hall–Kier alpha value is -10.1. The maximum absolute atomic E-state index is 7.15. The lowest BCUT2D eigenvalue weighted by molar-refractivity contribution is 0.673. The molecule has 0 aliphatic rings. The van der Waals surface area contributed by atoms with Gasteiger partial charge in [-0.2, -0.15) is 0 Å². The fourth-order valence-corrected chi connectivity index (χ4v) is 11.0. The summed E-state index contributed by atoms with van der Waals surface area (Å²) in [6.45, 7) is 0. The molecule has 0 radical (unpaired) electrons. The van der Waals surface area contributed by atoms with Crippen molar-refractivity contribution in [1.29, 1.82) is 0 Å². The van der Waals surface area contributed by atoms with Gasteiger partial charge in [0.15, 0.2) is 23.3 Å². The maximum atomic E-state index is 7.15. The number of hydrogen-bond donors (Lipinski definition) is 0. The molecule has 0 amide bonds. The van der Waals surface area contributed by atoms with E-state index in [-0.39, 0.29) is 0 Å². The van der Waals surface area contributed by atoms with Crippen molar-refractivity contribution in [1.82, 2.24) is 34.1 Å². The van der Waals surface area contributed by atoms with Gasteiger partial charge in [-0.15, -0.1) is 0 Å². The summed E-state index contributed by atoms with van der Waals surface area (Å²) in [6.07, 6.45) is 0. The van der Waals surface area contributed by atoms with Gasteiger partial charge in [-0.05, 0) is 54.6 Å². The Morgan fingerprint density at radius 1 is 0.329 bits per heavy atom. The summed E-state index contributed by atoms with van der Waals surface area (Å²) in [5, 5.41) is 7.42. The lowest BCUT2D eigenvalue weighted by Crippen LogP contribution is -2.05. The molecule has 340 valence electrons. The fraction of sp³-hybridized carbons (Fsp3) is 0. The second kappa shape index (κ2) is 16.3. The van der Waals surface area contributed by atoms with Crippen LogP contribution in [0.25, 0.3) is 145 Å². The Morgan fingerprint density at radius 3 is 1.51 bits per heavy atom. The van der Waals surface area contributed by atoms with Crippen LogP contribution in [0.1, 0.15) is 0 Å². The van der Waals surface area contributed by atoms with Gasteiger partial charge in [0, 0.05) is 60.4 Å². The van der Waals surface area contributed by atoms with Crippen LogP contribution >= 0.6 is 0 Å². The van der Waals surface area contributed by atoms with Gasteiger partial charge < -0.3 is 13.6 Å². The van der Waals surface area contributed by atoms with E-state index < -0.39 is 0 Å². The zero-order valence-electron chi connectivity index (χ0n) is 39.1. The third kappa shape index (κ3) is 6.37. The van der Waals surface area contributed by atoms with Crippen molar-refractivity contribution in [2.75, 3.05) is 0 Å². The number of nitrogens with zero attached hydrogens (tertiary/aromatic N) is 7. The van der Waals surface area contributed by atoms with Crippen molar-refractivity contribution < 1.29 is 4.42 Å². The molecule has 0 fully saturated rings. The molecule has 0 unspecified atom stereocenters. The highest BCUT2D eigenvalue weighted by Crippen LogP contribution is 2.50. The predicted octanol–water partition coefficient (Wildman–Crippen LogP) is 16.2. The highest BCUT2D eigenvalue weighted by molar-refractivity contribution is 6.39. The molecule has 8 heteroatoms. The molecular formula is C65H39N7O. The molecule has 0 atom stereocenters. The van der Waals surface area contributed by atoms with E-state index in [1.54, 1.807) is 0 Å². The van der Waals surface area contributed by atoms with E-state index in [0.717, 1.165) is 121 Å². The molecule has 0 saturated carbocycles. The SMILES string of the molecule is c1ccc(-c2nc(-c3ccccc3)nc(-c3cc(-c4nc(-c5ccccc5)c5ccccc5n4)ccc3-n3c4ccccc4c4c5oc6ccccc6c5c5c(c6ccccc6n5-c5ccccc5)c43)n2)cc1. The molecule has 15 aromatic rings. The number of fused-ring (bicyclic) bond motifs is 13. The first-order chi connectivity index (χ1) is 36.2. The molecule has 0 N–H and O–H groups in total. The number of benzene rings is 10. The molecule has 10 aromatic carbocycles. The van der Waals surface area contributed by atoms with Crippen LogP contribution in [0.5, 0.6) is 0 Å². The molecule has 8 nitrogen and oxygen atoms in total. The standard InChI is InChI=1S/C65H39N7O/c1-5-21-40(22-6-1)58-45-29-13-17-33-50(45)66-64(67-58)43-37-38-53(49(39-43)65-69-62(41-23-7-2-8-24-41)68-63(70-65)42-25-9-3-10-26-42)72-52-35-19-15-31-47(52)56-60(72)55-46-30-14-18-34-51(46)71(44-27-11-4-12-28-44)59(55)57-48-32-16-20-36-54(48)73-61(56)57/h1-39H. The van der Waals surface area contributed by atoms with Gasteiger partial charge in [0.25, 0.3) is 0 Å². The molecule has 15 rings (SSSR count). The van der Waals surface area contributed by atoms with Crippen LogP contribution in [-0.2, 0) is 0 Å². The first-order valence-corrected chi connectivity index (χ1v) is 24.4. The third-order valence-corrected chi connectivity index (χ3v) is 14.1. The van der Waals surface area contributed by atoms with E-state index >= 15 is 0 Å². The lowest BCUT2D eigenvalue weighted by Gasteiger charge is -2.17. The van der Waals surface area contributed by atoms with Crippen LogP contribution < -0.4 is 0 Å². The van der Waals surface area contributed by atoms with Gasteiger partial charge in [-0.1, -0.05) is 182 Å². The summed E-state index contributed by atoms with van der Waals surface area (Å²) >= 11 is 0. The summed E-state index contributed by atoms with van der Waals surface area (Å²) in [6, 6.07) is 81.8. The Balaban J connectivity index is 1.12. The van der Waals surface area contributed by atoms with Crippen molar-refractivity contribution in [2.24, 2.45) is 0 Å². The highest BCUT2D eigenvalue weighted by Gasteiger charge is 2.29. The molecule has 0 bridgehead atoms. The van der Waals surface area contributed by atoms with E-state index in [1.165, 1.54) is 0 Å². The van der Waals surface area contributed by atoms with E-state index in [4.69, 9.17) is 29.3 Å².